The first-order chi connectivity index (χ1) is 17.0. The first-order valence-electron chi connectivity index (χ1n) is 13.7. The van der Waals surface area contributed by atoms with Crippen molar-refractivity contribution in [1.82, 2.24) is 21.1 Å². The molecule has 1 saturated carbocycles. The summed E-state index contributed by atoms with van der Waals surface area (Å²) >= 11 is 2.13. The number of benzene rings is 1. The van der Waals surface area contributed by atoms with Crippen LogP contribution in [0.5, 0.6) is 0 Å². The topological polar surface area (TPSA) is 64.2 Å². The summed E-state index contributed by atoms with van der Waals surface area (Å²) in [4.78, 5) is 10.8. The third-order valence-corrected chi connectivity index (χ3v) is 11.5. The highest BCUT2D eigenvalue weighted by Crippen LogP contribution is 2.52. The molecule has 5 aliphatic heterocycles. The van der Waals surface area contributed by atoms with Crippen LogP contribution in [0.3, 0.4) is 0 Å². The summed E-state index contributed by atoms with van der Waals surface area (Å²) in [6.45, 7) is 13.7. The van der Waals surface area contributed by atoms with Crippen LogP contribution < -0.4 is 21.1 Å². The van der Waals surface area contributed by atoms with Crippen molar-refractivity contribution in [2.75, 3.05) is 31.1 Å². The van der Waals surface area contributed by atoms with E-state index in [9.17, 15) is 0 Å². The van der Waals surface area contributed by atoms with Gasteiger partial charge < -0.3 is 9.64 Å². The predicted molar refractivity (Wildman–Crippen MR) is 142 cm³/mol. The summed E-state index contributed by atoms with van der Waals surface area (Å²) in [5.74, 6) is 3.76. The van der Waals surface area contributed by atoms with Crippen LogP contribution in [-0.2, 0) is 4.74 Å². The number of hydrogen-bond acceptors (Lipinski definition) is 8. The molecule has 3 N–H and O–H groups in total. The third kappa shape index (κ3) is 3.79. The van der Waals surface area contributed by atoms with E-state index >= 15 is 0 Å². The van der Waals surface area contributed by atoms with Crippen molar-refractivity contribution in [2.24, 2.45) is 34.6 Å². The lowest BCUT2D eigenvalue weighted by Crippen LogP contribution is -2.51. The average Bonchev–Trinajstić information content (AvgIpc) is 3.41. The van der Waals surface area contributed by atoms with Gasteiger partial charge in [0.2, 0.25) is 0 Å². The van der Waals surface area contributed by atoms with Gasteiger partial charge in [-0.05, 0) is 48.3 Å². The molecule has 0 spiro atoms. The number of hydrogen-bond donors (Lipinski definition) is 3. The molecule has 0 radical (unpaired) electrons. The zero-order valence-corrected chi connectivity index (χ0v) is 22.2. The van der Waals surface area contributed by atoms with Crippen LogP contribution in [0.2, 0.25) is 0 Å². The van der Waals surface area contributed by atoms with Gasteiger partial charge in [0.15, 0.2) is 0 Å². The summed E-state index contributed by atoms with van der Waals surface area (Å²) in [7, 11) is 0. The predicted octanol–water partition coefficient (Wildman–Crippen LogP) is 2.69. The molecule has 35 heavy (non-hydrogen) atoms. The van der Waals surface area contributed by atoms with Gasteiger partial charge in [0.25, 0.3) is 0 Å². The molecule has 8 heteroatoms. The van der Waals surface area contributed by atoms with Crippen LogP contribution >= 0.6 is 11.8 Å². The lowest BCUT2D eigenvalue weighted by atomic mass is 9.84. The molecule has 190 valence electrons. The zero-order valence-electron chi connectivity index (χ0n) is 21.4. The van der Waals surface area contributed by atoms with Crippen LogP contribution in [0.25, 0.3) is 0 Å². The largest absolute Gasteiger partial charge is 0.371 e. The number of aliphatic imine (C=N–C) groups is 1. The number of piperidine rings is 1. The number of anilines is 1. The Morgan fingerprint density at radius 2 is 1.80 bits per heavy atom. The van der Waals surface area contributed by atoms with Crippen molar-refractivity contribution in [3.05, 3.63) is 29.8 Å². The number of hydrazine groups is 1. The zero-order chi connectivity index (χ0) is 23.8. The van der Waals surface area contributed by atoms with Crippen molar-refractivity contribution >= 4 is 23.2 Å². The Balaban J connectivity index is 1.23. The normalized spacial score (nSPS) is 46.8. The van der Waals surface area contributed by atoms with Gasteiger partial charge in [0, 0.05) is 48.6 Å². The fourth-order valence-electron chi connectivity index (χ4n) is 7.40. The number of thioether (sulfide) groups is 1. The van der Waals surface area contributed by atoms with E-state index in [0.717, 1.165) is 37.3 Å². The standard InChI is InChI=1S/C27H40N6OS/c1-14-16(3)35-27-24(14)25(18-5-7-19(8-6-18)32-12-20-15(2)21(20)13-32)29-22(11-23-28-9-10-34-23)26-31-30-17(4)33(26)27/h5-8,14-17,20-24,26-28,30-31H,9-13H2,1-4H3/t14?,15?,16?,17?,20-,21+,22?,23?,24?,26?,27?. The molecule has 11 atom stereocenters. The second-order valence-electron chi connectivity index (χ2n) is 11.7. The maximum Gasteiger partial charge on any atom is 0.110 e. The van der Waals surface area contributed by atoms with Gasteiger partial charge in [-0.25, -0.2) is 10.9 Å². The molecule has 0 aromatic heterocycles. The lowest BCUT2D eigenvalue weighted by Gasteiger charge is -2.35. The van der Waals surface area contributed by atoms with Crippen molar-refractivity contribution in [2.45, 2.75) is 69.3 Å². The minimum Gasteiger partial charge on any atom is -0.371 e. The molecule has 6 aliphatic rings. The van der Waals surface area contributed by atoms with Crippen molar-refractivity contribution < 1.29 is 4.74 Å². The minimum atomic E-state index is 0.0814. The molecule has 0 amide bonds. The van der Waals surface area contributed by atoms with Gasteiger partial charge in [-0.3, -0.25) is 15.2 Å². The molecule has 9 unspecified atom stereocenters. The second-order valence-corrected chi connectivity index (χ2v) is 13.2. The molecular weight excluding hydrogens is 456 g/mol. The maximum atomic E-state index is 5.98. The summed E-state index contributed by atoms with van der Waals surface area (Å²) in [5, 5.41) is 4.54. The lowest BCUT2D eigenvalue weighted by molar-refractivity contribution is 0.0700. The molecule has 0 bridgehead atoms. The van der Waals surface area contributed by atoms with E-state index < -0.39 is 0 Å². The third-order valence-electron chi connectivity index (χ3n) is 9.85. The Morgan fingerprint density at radius 1 is 1.03 bits per heavy atom. The van der Waals surface area contributed by atoms with Gasteiger partial charge in [-0.1, -0.05) is 32.9 Å². The van der Waals surface area contributed by atoms with Gasteiger partial charge >= 0.3 is 0 Å². The number of nitrogens with zero attached hydrogens (tertiary/aromatic N) is 3. The summed E-state index contributed by atoms with van der Waals surface area (Å²) in [6, 6.07) is 9.53. The number of ether oxygens (including phenoxy) is 1. The SMILES string of the molecule is CC1SC2C(C(c3ccc(N4C[C@@H]5C(C)[C@@H]5C4)cc3)=NC(CC3NCCO3)C3NNC(C)N32)C1C. The van der Waals surface area contributed by atoms with Crippen LogP contribution in [0.15, 0.2) is 29.3 Å². The van der Waals surface area contributed by atoms with Gasteiger partial charge in [-0.2, -0.15) is 0 Å². The molecule has 1 aromatic rings. The van der Waals surface area contributed by atoms with Gasteiger partial charge in [-0.15, -0.1) is 11.8 Å². The Kier molecular flexibility index (Phi) is 5.72. The van der Waals surface area contributed by atoms with E-state index in [1.54, 1.807) is 0 Å². The van der Waals surface area contributed by atoms with E-state index in [1.807, 2.05) is 0 Å². The molecular formula is C27H40N6OS. The van der Waals surface area contributed by atoms with Crippen LogP contribution in [0.1, 0.15) is 39.7 Å². The highest BCUT2D eigenvalue weighted by molar-refractivity contribution is 8.00. The highest BCUT2D eigenvalue weighted by Gasteiger charge is 2.54. The molecule has 5 heterocycles. The van der Waals surface area contributed by atoms with E-state index in [1.165, 1.54) is 30.1 Å². The van der Waals surface area contributed by atoms with Gasteiger partial charge in [0.1, 0.15) is 6.23 Å². The van der Waals surface area contributed by atoms with E-state index in [-0.39, 0.29) is 24.6 Å². The Bertz CT molecular complexity index is 970. The van der Waals surface area contributed by atoms with Crippen LogP contribution in [0, 0.1) is 29.6 Å². The quantitative estimate of drug-likeness (QED) is 0.592. The van der Waals surface area contributed by atoms with Crippen molar-refractivity contribution in [3.63, 3.8) is 0 Å². The van der Waals surface area contributed by atoms with E-state index in [4.69, 9.17) is 9.73 Å². The van der Waals surface area contributed by atoms with Crippen LogP contribution in [-0.4, -0.2) is 72.1 Å². The number of nitrogens with one attached hydrogen (secondary N) is 3. The van der Waals surface area contributed by atoms with Crippen molar-refractivity contribution in [1.29, 1.82) is 0 Å². The maximum absolute atomic E-state index is 5.98. The monoisotopic (exact) mass is 496 g/mol. The Hall–Kier alpha value is -1.16. The Labute approximate surface area is 213 Å². The fourth-order valence-corrected chi connectivity index (χ4v) is 9.26. The minimum absolute atomic E-state index is 0.0814. The molecule has 7 nitrogen and oxygen atoms in total. The number of rotatable bonds is 4. The Morgan fingerprint density at radius 3 is 2.51 bits per heavy atom. The summed E-state index contributed by atoms with van der Waals surface area (Å²) in [5.41, 5.74) is 11.1. The van der Waals surface area contributed by atoms with Gasteiger partial charge in [0.05, 0.1) is 30.4 Å². The average molecular weight is 497 g/mol. The first kappa shape index (κ1) is 23.0. The first-order valence-corrected chi connectivity index (χ1v) is 14.7. The summed E-state index contributed by atoms with van der Waals surface area (Å²) < 4.78 is 5.98. The molecule has 4 saturated heterocycles. The second kappa shape index (κ2) is 8.71. The van der Waals surface area contributed by atoms with E-state index in [0.29, 0.717) is 22.5 Å². The highest BCUT2D eigenvalue weighted by atomic mass is 32.2. The van der Waals surface area contributed by atoms with Crippen molar-refractivity contribution in [3.8, 4) is 0 Å². The van der Waals surface area contributed by atoms with Crippen LogP contribution in [0.4, 0.5) is 5.69 Å². The molecule has 1 aromatic carbocycles. The fraction of sp³-hybridized carbons (Fsp3) is 0.741. The molecule has 7 rings (SSSR count). The molecule has 5 fully saturated rings. The smallest absolute Gasteiger partial charge is 0.110 e. The molecule has 1 aliphatic carbocycles. The van der Waals surface area contributed by atoms with E-state index in [2.05, 4.69) is 89.7 Å². The number of fused-ring (bicyclic) bond motifs is 4. The summed E-state index contributed by atoms with van der Waals surface area (Å²) in [6.07, 6.45) is 1.41.